The number of rotatable bonds is 5. The topological polar surface area (TPSA) is 12.0 Å². The highest BCUT2D eigenvalue weighted by Gasteiger charge is 2.07. The molecule has 0 amide bonds. The van der Waals surface area contributed by atoms with E-state index in [1.54, 1.807) is 6.08 Å². The molecule has 0 heterocycles. The third-order valence-electron chi connectivity index (χ3n) is 3.47. The second-order valence-electron chi connectivity index (χ2n) is 5.43. The SMILES string of the molecule is C=C(/C=C\C)c1ccc(/C(NCC)=C2\C=CC=CC2)cc1.C=CC. The van der Waals surface area contributed by atoms with E-state index in [2.05, 4.69) is 74.0 Å². The Morgan fingerprint density at radius 2 is 1.75 bits per heavy atom. The molecule has 0 radical (unpaired) electrons. The van der Waals surface area contributed by atoms with Crippen molar-refractivity contribution in [1.82, 2.24) is 5.32 Å². The molecule has 0 spiro atoms. The van der Waals surface area contributed by atoms with E-state index in [0.29, 0.717) is 0 Å². The van der Waals surface area contributed by atoms with Gasteiger partial charge in [0, 0.05) is 12.2 Å². The van der Waals surface area contributed by atoms with Crippen LogP contribution in [-0.2, 0) is 0 Å². The lowest BCUT2D eigenvalue weighted by Crippen LogP contribution is -2.13. The number of hydrogen-bond acceptors (Lipinski definition) is 1. The van der Waals surface area contributed by atoms with Crippen LogP contribution in [0.25, 0.3) is 11.3 Å². The molecule has 2 rings (SSSR count). The third-order valence-corrected chi connectivity index (χ3v) is 3.47. The summed E-state index contributed by atoms with van der Waals surface area (Å²) >= 11 is 0. The summed E-state index contributed by atoms with van der Waals surface area (Å²) in [7, 11) is 0. The molecule has 1 N–H and O–H groups in total. The largest absolute Gasteiger partial charge is 0.385 e. The van der Waals surface area contributed by atoms with Crippen molar-refractivity contribution in [2.24, 2.45) is 0 Å². The molecule has 0 bridgehead atoms. The lowest BCUT2D eigenvalue weighted by Gasteiger charge is -2.15. The molecule has 0 atom stereocenters. The maximum absolute atomic E-state index is 4.08. The molecule has 0 unspecified atom stereocenters. The summed E-state index contributed by atoms with van der Waals surface area (Å²) in [5, 5.41) is 3.50. The fourth-order valence-corrected chi connectivity index (χ4v) is 2.42. The van der Waals surface area contributed by atoms with Crippen LogP contribution in [-0.4, -0.2) is 6.54 Å². The Morgan fingerprint density at radius 1 is 1.12 bits per heavy atom. The van der Waals surface area contributed by atoms with Crippen molar-refractivity contribution in [3.63, 3.8) is 0 Å². The van der Waals surface area contributed by atoms with Crippen LogP contribution in [0.1, 0.15) is 38.3 Å². The van der Waals surface area contributed by atoms with Gasteiger partial charge in [0.15, 0.2) is 0 Å². The molecular weight excluding hydrogens is 290 g/mol. The number of nitrogens with one attached hydrogen (secondary N) is 1. The predicted molar refractivity (Wildman–Crippen MR) is 110 cm³/mol. The van der Waals surface area contributed by atoms with Gasteiger partial charge in [-0.2, -0.15) is 0 Å². The maximum atomic E-state index is 4.08. The Kier molecular flexibility index (Phi) is 8.99. The molecule has 1 heteroatoms. The third kappa shape index (κ3) is 5.92. The molecule has 0 saturated carbocycles. The maximum Gasteiger partial charge on any atom is 0.0449 e. The number of hydrogen-bond donors (Lipinski definition) is 1. The average Bonchev–Trinajstić information content (AvgIpc) is 2.61. The van der Waals surface area contributed by atoms with Crippen LogP contribution in [0.5, 0.6) is 0 Å². The van der Waals surface area contributed by atoms with Crippen LogP contribution in [0.4, 0.5) is 0 Å². The summed E-state index contributed by atoms with van der Waals surface area (Å²) in [5.41, 5.74) is 5.99. The van der Waals surface area contributed by atoms with E-state index < -0.39 is 0 Å². The van der Waals surface area contributed by atoms with Crippen molar-refractivity contribution in [2.45, 2.75) is 27.2 Å². The minimum absolute atomic E-state index is 0.920. The van der Waals surface area contributed by atoms with Crippen molar-refractivity contribution in [3.05, 3.63) is 96.7 Å². The van der Waals surface area contributed by atoms with Crippen molar-refractivity contribution in [1.29, 1.82) is 0 Å². The molecule has 1 nitrogen and oxygen atoms in total. The van der Waals surface area contributed by atoms with E-state index in [1.165, 1.54) is 16.8 Å². The van der Waals surface area contributed by atoms with E-state index in [9.17, 15) is 0 Å². The first-order valence-corrected chi connectivity index (χ1v) is 8.47. The van der Waals surface area contributed by atoms with Crippen LogP contribution in [0.3, 0.4) is 0 Å². The van der Waals surface area contributed by atoms with Crippen LogP contribution in [0.2, 0.25) is 0 Å². The zero-order valence-corrected chi connectivity index (χ0v) is 15.2. The molecule has 24 heavy (non-hydrogen) atoms. The highest BCUT2D eigenvalue weighted by molar-refractivity contribution is 5.75. The van der Waals surface area contributed by atoms with E-state index in [-0.39, 0.29) is 0 Å². The van der Waals surface area contributed by atoms with Gasteiger partial charge in [0.1, 0.15) is 0 Å². The highest BCUT2D eigenvalue weighted by Crippen LogP contribution is 2.24. The zero-order chi connectivity index (χ0) is 17.8. The highest BCUT2D eigenvalue weighted by atomic mass is 14.9. The molecule has 0 aromatic heterocycles. The van der Waals surface area contributed by atoms with Crippen LogP contribution in [0.15, 0.2) is 85.5 Å². The predicted octanol–water partition coefficient (Wildman–Crippen LogP) is 6.30. The second kappa shape index (κ2) is 11.1. The van der Waals surface area contributed by atoms with E-state index in [4.69, 9.17) is 0 Å². The summed E-state index contributed by atoms with van der Waals surface area (Å²) in [4.78, 5) is 0. The Labute approximate surface area is 147 Å². The van der Waals surface area contributed by atoms with Crippen molar-refractivity contribution < 1.29 is 0 Å². The van der Waals surface area contributed by atoms with E-state index >= 15 is 0 Å². The molecule has 1 aliphatic rings. The number of allylic oxidation sites excluding steroid dienone is 9. The minimum atomic E-state index is 0.920. The summed E-state index contributed by atoms with van der Waals surface area (Å²) in [5.74, 6) is 0. The van der Waals surface area contributed by atoms with E-state index in [1.807, 2.05) is 26.0 Å². The first kappa shape index (κ1) is 19.5. The summed E-state index contributed by atoms with van der Waals surface area (Å²) in [6, 6.07) is 8.61. The van der Waals surface area contributed by atoms with Gasteiger partial charge in [-0.3, -0.25) is 0 Å². The Hall–Kier alpha value is -2.54. The zero-order valence-electron chi connectivity index (χ0n) is 15.2. The van der Waals surface area contributed by atoms with Gasteiger partial charge in [0.25, 0.3) is 0 Å². The quantitative estimate of drug-likeness (QED) is 0.495. The fraction of sp³-hybridized carbons (Fsp3) is 0.217. The van der Waals surface area contributed by atoms with Gasteiger partial charge in [0.2, 0.25) is 0 Å². The molecule has 0 aliphatic heterocycles. The lowest BCUT2D eigenvalue weighted by molar-refractivity contribution is 0.928. The Balaban J connectivity index is 0.000000891. The molecular formula is C23H29N. The van der Waals surface area contributed by atoms with Gasteiger partial charge in [-0.1, -0.05) is 73.4 Å². The summed E-state index contributed by atoms with van der Waals surface area (Å²) < 4.78 is 0. The molecule has 0 saturated heterocycles. The lowest BCUT2D eigenvalue weighted by atomic mass is 9.98. The minimum Gasteiger partial charge on any atom is -0.385 e. The van der Waals surface area contributed by atoms with Gasteiger partial charge in [0.05, 0.1) is 0 Å². The molecule has 1 aromatic rings. The molecule has 1 aliphatic carbocycles. The van der Waals surface area contributed by atoms with Crippen molar-refractivity contribution in [2.75, 3.05) is 6.54 Å². The summed E-state index contributed by atoms with van der Waals surface area (Å²) in [6.07, 6.45) is 15.3. The van der Waals surface area contributed by atoms with Crippen LogP contribution >= 0.6 is 0 Å². The summed E-state index contributed by atoms with van der Waals surface area (Å²) in [6.45, 7) is 14.4. The Morgan fingerprint density at radius 3 is 2.25 bits per heavy atom. The normalized spacial score (nSPS) is 14.8. The van der Waals surface area contributed by atoms with Gasteiger partial charge in [-0.25, -0.2) is 0 Å². The van der Waals surface area contributed by atoms with Gasteiger partial charge in [-0.15, -0.1) is 6.58 Å². The van der Waals surface area contributed by atoms with Crippen LogP contribution in [0, 0.1) is 0 Å². The Bertz CT molecular complexity index is 652. The van der Waals surface area contributed by atoms with Gasteiger partial charge < -0.3 is 5.32 Å². The smallest absolute Gasteiger partial charge is 0.0449 e. The average molecular weight is 319 g/mol. The monoisotopic (exact) mass is 319 g/mol. The fourth-order valence-electron chi connectivity index (χ4n) is 2.42. The van der Waals surface area contributed by atoms with Gasteiger partial charge in [-0.05, 0) is 49.5 Å². The molecule has 1 aromatic carbocycles. The van der Waals surface area contributed by atoms with Crippen molar-refractivity contribution in [3.8, 4) is 0 Å². The van der Waals surface area contributed by atoms with Gasteiger partial charge >= 0.3 is 0 Å². The van der Waals surface area contributed by atoms with E-state index in [0.717, 1.165) is 24.1 Å². The molecule has 0 fully saturated rings. The van der Waals surface area contributed by atoms with Crippen molar-refractivity contribution >= 4 is 11.3 Å². The number of benzene rings is 1. The molecule has 126 valence electrons. The first-order chi connectivity index (χ1) is 11.7. The van der Waals surface area contributed by atoms with Crippen LogP contribution < -0.4 is 5.32 Å². The second-order valence-corrected chi connectivity index (χ2v) is 5.43. The first-order valence-electron chi connectivity index (χ1n) is 8.47. The standard InChI is InChI=1S/C20H23N.C3H6/c1-4-9-16(3)17-12-14-19(15-13-17)20(21-5-2)18-10-7-6-8-11-18;1-3-2/h4,6-10,12-15,21H,3,5,11H2,1-2H3;3H,1H2,2H3/b9-4-,20-18-;.